The summed E-state index contributed by atoms with van der Waals surface area (Å²) in [5, 5.41) is 5.97. The Balaban J connectivity index is 1.47. The fourth-order valence-electron chi connectivity index (χ4n) is 2.29. The van der Waals surface area contributed by atoms with Gasteiger partial charge in [0.2, 0.25) is 5.95 Å². The van der Waals surface area contributed by atoms with Gasteiger partial charge in [0, 0.05) is 37.9 Å². The second-order valence-electron chi connectivity index (χ2n) is 5.50. The average molecular weight is 333 g/mol. The van der Waals surface area contributed by atoms with Gasteiger partial charge in [-0.1, -0.05) is 36.4 Å². The number of pyridine rings is 1. The second-order valence-corrected chi connectivity index (χ2v) is 5.50. The molecule has 1 amide bonds. The van der Waals surface area contributed by atoms with Gasteiger partial charge in [-0.3, -0.25) is 9.78 Å². The summed E-state index contributed by atoms with van der Waals surface area (Å²) < 4.78 is 0. The van der Waals surface area contributed by atoms with Crippen LogP contribution in [0.3, 0.4) is 0 Å². The predicted molar refractivity (Wildman–Crippen MR) is 96.1 cm³/mol. The van der Waals surface area contributed by atoms with E-state index < -0.39 is 0 Å². The van der Waals surface area contributed by atoms with Crippen LogP contribution in [-0.4, -0.2) is 27.4 Å². The quantitative estimate of drug-likeness (QED) is 0.694. The lowest BCUT2D eigenvalue weighted by molar-refractivity contribution is 0.0953. The van der Waals surface area contributed by atoms with E-state index in [0.29, 0.717) is 24.6 Å². The fraction of sp³-hybridized carbons (Fsp3) is 0.158. The molecular formula is C19H19N5O. The van der Waals surface area contributed by atoms with Gasteiger partial charge in [0.1, 0.15) is 0 Å². The SMILES string of the molecule is O=C(NCCc1ccccc1)c1cnc(NCc2cccnc2)nc1. The van der Waals surface area contributed by atoms with Gasteiger partial charge in [-0.25, -0.2) is 9.97 Å². The Morgan fingerprint density at radius 2 is 1.68 bits per heavy atom. The molecule has 0 fully saturated rings. The molecule has 0 aliphatic heterocycles. The van der Waals surface area contributed by atoms with Crippen molar-refractivity contribution in [3.63, 3.8) is 0 Å². The summed E-state index contributed by atoms with van der Waals surface area (Å²) in [4.78, 5) is 24.5. The topological polar surface area (TPSA) is 79.8 Å². The van der Waals surface area contributed by atoms with Gasteiger partial charge in [0.15, 0.2) is 0 Å². The van der Waals surface area contributed by atoms with E-state index in [4.69, 9.17) is 0 Å². The van der Waals surface area contributed by atoms with Crippen molar-refractivity contribution in [1.82, 2.24) is 20.3 Å². The molecule has 0 radical (unpaired) electrons. The van der Waals surface area contributed by atoms with Crippen molar-refractivity contribution in [2.24, 2.45) is 0 Å². The average Bonchev–Trinajstić information content (AvgIpc) is 2.68. The lowest BCUT2D eigenvalue weighted by Gasteiger charge is -2.07. The van der Waals surface area contributed by atoms with Crippen molar-refractivity contribution in [2.75, 3.05) is 11.9 Å². The summed E-state index contributed by atoms with van der Waals surface area (Å²) in [6.07, 6.45) is 7.35. The number of nitrogens with one attached hydrogen (secondary N) is 2. The number of benzene rings is 1. The van der Waals surface area contributed by atoms with Gasteiger partial charge in [0.05, 0.1) is 5.56 Å². The smallest absolute Gasteiger partial charge is 0.254 e. The van der Waals surface area contributed by atoms with Gasteiger partial charge in [-0.15, -0.1) is 0 Å². The summed E-state index contributed by atoms with van der Waals surface area (Å²) in [5.74, 6) is 0.305. The Bertz CT molecular complexity index is 791. The third-order valence-electron chi connectivity index (χ3n) is 3.63. The number of hydrogen-bond acceptors (Lipinski definition) is 5. The minimum atomic E-state index is -0.172. The van der Waals surface area contributed by atoms with E-state index in [9.17, 15) is 4.79 Å². The van der Waals surface area contributed by atoms with Crippen LogP contribution in [0.4, 0.5) is 5.95 Å². The van der Waals surface area contributed by atoms with Crippen molar-refractivity contribution < 1.29 is 4.79 Å². The Kier molecular flexibility index (Phi) is 5.66. The molecule has 0 atom stereocenters. The van der Waals surface area contributed by atoms with Crippen LogP contribution in [-0.2, 0) is 13.0 Å². The first-order valence-corrected chi connectivity index (χ1v) is 8.08. The highest BCUT2D eigenvalue weighted by Gasteiger charge is 2.06. The molecule has 0 saturated carbocycles. The van der Waals surface area contributed by atoms with E-state index in [2.05, 4.69) is 25.6 Å². The molecule has 1 aromatic carbocycles. The molecule has 6 nitrogen and oxygen atoms in total. The summed E-state index contributed by atoms with van der Waals surface area (Å²) >= 11 is 0. The summed E-state index contributed by atoms with van der Waals surface area (Å²) in [6, 6.07) is 13.9. The Morgan fingerprint density at radius 3 is 2.40 bits per heavy atom. The van der Waals surface area contributed by atoms with E-state index in [0.717, 1.165) is 12.0 Å². The molecule has 6 heteroatoms. The fourth-order valence-corrected chi connectivity index (χ4v) is 2.29. The molecule has 0 aliphatic carbocycles. The van der Waals surface area contributed by atoms with Gasteiger partial charge < -0.3 is 10.6 Å². The maximum Gasteiger partial charge on any atom is 0.254 e. The lowest BCUT2D eigenvalue weighted by atomic mass is 10.1. The third-order valence-corrected chi connectivity index (χ3v) is 3.63. The molecule has 0 bridgehead atoms. The highest BCUT2D eigenvalue weighted by molar-refractivity contribution is 5.93. The molecule has 0 spiro atoms. The Hall–Kier alpha value is -3.28. The zero-order valence-electron chi connectivity index (χ0n) is 13.7. The van der Waals surface area contributed by atoms with Crippen LogP contribution >= 0.6 is 0 Å². The number of carbonyl (C=O) groups is 1. The van der Waals surface area contributed by atoms with E-state index in [1.165, 1.54) is 18.0 Å². The molecule has 3 aromatic rings. The van der Waals surface area contributed by atoms with E-state index in [1.807, 2.05) is 42.5 Å². The maximum absolute atomic E-state index is 12.1. The van der Waals surface area contributed by atoms with E-state index in [-0.39, 0.29) is 5.91 Å². The largest absolute Gasteiger partial charge is 0.352 e. The molecule has 25 heavy (non-hydrogen) atoms. The van der Waals surface area contributed by atoms with Crippen LogP contribution in [0.5, 0.6) is 0 Å². The number of hydrogen-bond donors (Lipinski definition) is 2. The third kappa shape index (κ3) is 5.10. The summed E-state index contributed by atoms with van der Waals surface area (Å²) in [5.41, 5.74) is 2.67. The molecule has 2 N–H and O–H groups in total. The van der Waals surface area contributed by atoms with Crippen molar-refractivity contribution >= 4 is 11.9 Å². The van der Waals surface area contributed by atoms with Crippen molar-refractivity contribution in [3.05, 3.63) is 83.9 Å². The number of anilines is 1. The minimum absolute atomic E-state index is 0.172. The van der Waals surface area contributed by atoms with Crippen LogP contribution in [0.2, 0.25) is 0 Å². The number of nitrogens with zero attached hydrogens (tertiary/aromatic N) is 3. The summed E-state index contributed by atoms with van der Waals surface area (Å²) in [6.45, 7) is 1.15. The second kappa shape index (κ2) is 8.54. The number of carbonyl (C=O) groups excluding carboxylic acids is 1. The van der Waals surface area contributed by atoms with E-state index in [1.54, 1.807) is 12.4 Å². The Morgan fingerprint density at radius 1 is 0.920 bits per heavy atom. The molecule has 3 rings (SSSR count). The van der Waals surface area contributed by atoms with Gasteiger partial charge >= 0.3 is 0 Å². The molecule has 2 aromatic heterocycles. The van der Waals surface area contributed by atoms with Gasteiger partial charge in [-0.2, -0.15) is 0 Å². The van der Waals surface area contributed by atoms with E-state index >= 15 is 0 Å². The highest BCUT2D eigenvalue weighted by Crippen LogP contribution is 2.04. The van der Waals surface area contributed by atoms with Crippen LogP contribution in [0, 0.1) is 0 Å². The number of aromatic nitrogens is 3. The lowest BCUT2D eigenvalue weighted by Crippen LogP contribution is -2.26. The molecule has 0 aliphatic rings. The normalized spacial score (nSPS) is 10.2. The first-order chi connectivity index (χ1) is 12.3. The van der Waals surface area contributed by atoms with Crippen LogP contribution in [0.25, 0.3) is 0 Å². The van der Waals surface area contributed by atoms with Crippen molar-refractivity contribution in [2.45, 2.75) is 13.0 Å². The zero-order chi connectivity index (χ0) is 17.3. The van der Waals surface area contributed by atoms with Gasteiger partial charge in [0.25, 0.3) is 5.91 Å². The zero-order valence-corrected chi connectivity index (χ0v) is 13.7. The van der Waals surface area contributed by atoms with Crippen LogP contribution in [0.15, 0.2) is 67.3 Å². The minimum Gasteiger partial charge on any atom is -0.352 e. The monoisotopic (exact) mass is 333 g/mol. The molecule has 0 unspecified atom stereocenters. The number of rotatable bonds is 7. The molecule has 0 saturated heterocycles. The standard InChI is InChI=1S/C19H19N5O/c25-18(21-10-8-15-5-2-1-3-6-15)17-13-23-19(24-14-17)22-12-16-7-4-9-20-11-16/h1-7,9,11,13-14H,8,10,12H2,(H,21,25)(H,22,23,24). The Labute approximate surface area is 146 Å². The first-order valence-electron chi connectivity index (χ1n) is 8.08. The van der Waals surface area contributed by atoms with Crippen LogP contribution < -0.4 is 10.6 Å². The first kappa shape index (κ1) is 16.6. The molecule has 126 valence electrons. The predicted octanol–water partition coefficient (Wildman–Crippen LogP) is 2.46. The van der Waals surface area contributed by atoms with Crippen molar-refractivity contribution in [1.29, 1.82) is 0 Å². The molecular weight excluding hydrogens is 314 g/mol. The van der Waals surface area contributed by atoms with Gasteiger partial charge in [-0.05, 0) is 23.6 Å². The number of amides is 1. The summed E-state index contributed by atoms with van der Waals surface area (Å²) in [7, 11) is 0. The highest BCUT2D eigenvalue weighted by atomic mass is 16.1. The van der Waals surface area contributed by atoms with Crippen molar-refractivity contribution in [3.8, 4) is 0 Å². The molecule has 2 heterocycles. The maximum atomic E-state index is 12.1. The van der Waals surface area contributed by atoms with Crippen LogP contribution in [0.1, 0.15) is 21.5 Å².